The van der Waals surface area contributed by atoms with Crippen LogP contribution >= 0.6 is 0 Å². The minimum absolute atomic E-state index is 0.0961. The Morgan fingerprint density at radius 2 is 1.67 bits per heavy atom. The molecule has 3 N–H and O–H groups in total. The lowest BCUT2D eigenvalue weighted by Gasteiger charge is -2.20. The summed E-state index contributed by atoms with van der Waals surface area (Å²) in [6.45, 7) is 2.37. The van der Waals surface area contributed by atoms with Gasteiger partial charge in [0.1, 0.15) is 11.3 Å². The summed E-state index contributed by atoms with van der Waals surface area (Å²) in [6.07, 6.45) is 2.48. The van der Waals surface area contributed by atoms with Gasteiger partial charge in [0.2, 0.25) is 11.8 Å². The van der Waals surface area contributed by atoms with Crippen molar-refractivity contribution < 1.29 is 24.6 Å². The summed E-state index contributed by atoms with van der Waals surface area (Å²) in [5.41, 5.74) is 1.94. The predicted molar refractivity (Wildman–Crippen MR) is 112 cm³/mol. The number of aromatic carboxylic acids is 1. The van der Waals surface area contributed by atoms with Gasteiger partial charge in [-0.1, -0.05) is 0 Å². The van der Waals surface area contributed by atoms with Crippen molar-refractivity contribution in [2.45, 2.75) is 19.3 Å². The number of nitrogens with zero attached hydrogens (tertiary/aromatic N) is 2. The van der Waals surface area contributed by atoms with Crippen molar-refractivity contribution in [2.75, 3.05) is 34.8 Å². The van der Waals surface area contributed by atoms with Crippen molar-refractivity contribution in [3.05, 3.63) is 48.0 Å². The molecule has 2 saturated heterocycles. The number of carboxylic acid groups (broad SMARTS) is 1. The molecule has 2 heterocycles. The normalized spacial score (nSPS) is 18.7. The number of rotatable bonds is 5. The van der Waals surface area contributed by atoms with E-state index >= 15 is 0 Å². The van der Waals surface area contributed by atoms with E-state index < -0.39 is 17.6 Å². The summed E-state index contributed by atoms with van der Waals surface area (Å²) in [7, 11) is 0. The number of hydrogen-bond acceptors (Lipinski definition) is 5. The van der Waals surface area contributed by atoms with E-state index in [1.165, 1.54) is 31.0 Å². The quantitative estimate of drug-likeness (QED) is 0.700. The standard InChI is InChI=1S/C22H23N3O5/c26-19-12-15(3-8-18(19)22(29)30)23-21(28)14-11-20(27)25(13-14)17-6-4-16(5-7-17)24-9-1-2-10-24/h3-8,12,14,26H,1-2,9-11,13H2,(H,23,28)(H,29,30). The number of anilines is 3. The van der Waals surface area contributed by atoms with Gasteiger partial charge in [0, 0.05) is 49.2 Å². The molecule has 2 aromatic carbocycles. The molecule has 0 spiro atoms. The van der Waals surface area contributed by atoms with Crippen molar-refractivity contribution in [1.82, 2.24) is 0 Å². The monoisotopic (exact) mass is 409 g/mol. The molecule has 2 aromatic rings. The summed E-state index contributed by atoms with van der Waals surface area (Å²) in [5, 5.41) is 21.4. The van der Waals surface area contributed by atoms with E-state index in [1.54, 1.807) is 4.90 Å². The molecule has 1 unspecified atom stereocenters. The third-order valence-electron chi connectivity index (χ3n) is 5.62. The fourth-order valence-corrected chi connectivity index (χ4v) is 3.99. The maximum Gasteiger partial charge on any atom is 0.339 e. The molecule has 0 radical (unpaired) electrons. The van der Waals surface area contributed by atoms with E-state index in [9.17, 15) is 19.5 Å². The summed E-state index contributed by atoms with van der Waals surface area (Å²) in [6, 6.07) is 11.7. The molecular formula is C22H23N3O5. The number of carbonyl (C=O) groups excluding carboxylic acids is 2. The highest BCUT2D eigenvalue weighted by Crippen LogP contribution is 2.29. The van der Waals surface area contributed by atoms with Gasteiger partial charge in [-0.3, -0.25) is 9.59 Å². The Morgan fingerprint density at radius 1 is 1.00 bits per heavy atom. The first kappa shape index (κ1) is 19.8. The van der Waals surface area contributed by atoms with Gasteiger partial charge in [-0.15, -0.1) is 0 Å². The molecule has 0 saturated carbocycles. The minimum Gasteiger partial charge on any atom is -0.507 e. The molecule has 2 aliphatic heterocycles. The van der Waals surface area contributed by atoms with Gasteiger partial charge in [-0.25, -0.2) is 4.79 Å². The lowest BCUT2D eigenvalue weighted by Crippen LogP contribution is -2.28. The highest BCUT2D eigenvalue weighted by Gasteiger charge is 2.35. The lowest BCUT2D eigenvalue weighted by atomic mass is 10.1. The van der Waals surface area contributed by atoms with Crippen LogP contribution in [0.4, 0.5) is 17.1 Å². The lowest BCUT2D eigenvalue weighted by molar-refractivity contribution is -0.122. The Labute approximate surface area is 173 Å². The fraction of sp³-hybridized carbons (Fsp3) is 0.318. The van der Waals surface area contributed by atoms with Crippen molar-refractivity contribution in [2.24, 2.45) is 5.92 Å². The zero-order valence-electron chi connectivity index (χ0n) is 16.4. The van der Waals surface area contributed by atoms with Gasteiger partial charge in [-0.05, 0) is 49.2 Å². The molecule has 2 fully saturated rings. The highest BCUT2D eigenvalue weighted by molar-refractivity contribution is 6.04. The van der Waals surface area contributed by atoms with Crippen LogP contribution in [0, 0.1) is 5.92 Å². The van der Waals surface area contributed by atoms with Gasteiger partial charge < -0.3 is 25.3 Å². The molecule has 30 heavy (non-hydrogen) atoms. The number of phenols is 1. The molecule has 2 aliphatic rings. The molecule has 1 atom stereocenters. The summed E-state index contributed by atoms with van der Waals surface area (Å²) in [5.74, 6) is -2.67. The third kappa shape index (κ3) is 3.94. The van der Waals surface area contributed by atoms with E-state index in [4.69, 9.17) is 5.11 Å². The first-order valence-corrected chi connectivity index (χ1v) is 9.95. The number of amides is 2. The number of nitrogens with one attached hydrogen (secondary N) is 1. The predicted octanol–water partition coefficient (Wildman–Crippen LogP) is 2.68. The molecule has 0 aliphatic carbocycles. The van der Waals surface area contributed by atoms with E-state index in [0.29, 0.717) is 0 Å². The molecule has 156 valence electrons. The molecule has 8 nitrogen and oxygen atoms in total. The second kappa shape index (κ2) is 8.06. The molecule has 2 amide bonds. The van der Waals surface area contributed by atoms with Crippen LogP contribution in [0.3, 0.4) is 0 Å². The second-order valence-corrected chi connectivity index (χ2v) is 7.64. The number of carboxylic acids is 1. The summed E-state index contributed by atoms with van der Waals surface area (Å²) in [4.78, 5) is 40.0. The van der Waals surface area contributed by atoms with Crippen LogP contribution in [0.15, 0.2) is 42.5 Å². The smallest absolute Gasteiger partial charge is 0.339 e. The van der Waals surface area contributed by atoms with Crippen LogP contribution in [-0.4, -0.2) is 47.6 Å². The Bertz CT molecular complexity index is 983. The van der Waals surface area contributed by atoms with E-state index in [2.05, 4.69) is 10.2 Å². The van der Waals surface area contributed by atoms with Crippen molar-refractivity contribution in [3.8, 4) is 5.75 Å². The Morgan fingerprint density at radius 3 is 2.30 bits per heavy atom. The maximum absolute atomic E-state index is 12.6. The SMILES string of the molecule is O=C(O)c1ccc(NC(=O)C2CC(=O)N(c3ccc(N4CCCC4)cc3)C2)cc1O. The van der Waals surface area contributed by atoms with Gasteiger partial charge in [0.15, 0.2) is 0 Å². The zero-order chi connectivity index (χ0) is 21.3. The third-order valence-corrected chi connectivity index (χ3v) is 5.62. The van der Waals surface area contributed by atoms with Crippen LogP contribution < -0.4 is 15.1 Å². The topological polar surface area (TPSA) is 110 Å². The number of carbonyl (C=O) groups is 3. The number of aromatic hydroxyl groups is 1. The van der Waals surface area contributed by atoms with Gasteiger partial charge in [0.25, 0.3) is 0 Å². The summed E-state index contributed by atoms with van der Waals surface area (Å²) >= 11 is 0. The van der Waals surface area contributed by atoms with Crippen LogP contribution in [0.25, 0.3) is 0 Å². The minimum atomic E-state index is -1.25. The molecule has 4 rings (SSSR count). The van der Waals surface area contributed by atoms with E-state index in [-0.39, 0.29) is 36.0 Å². The van der Waals surface area contributed by atoms with Crippen molar-refractivity contribution in [3.63, 3.8) is 0 Å². The average Bonchev–Trinajstić information content (AvgIpc) is 3.38. The summed E-state index contributed by atoms with van der Waals surface area (Å²) < 4.78 is 0. The maximum atomic E-state index is 12.6. The number of hydrogen-bond donors (Lipinski definition) is 3. The Kier molecular flexibility index (Phi) is 5.31. The van der Waals surface area contributed by atoms with Crippen LogP contribution in [0.5, 0.6) is 5.75 Å². The van der Waals surface area contributed by atoms with Crippen LogP contribution in [-0.2, 0) is 9.59 Å². The first-order chi connectivity index (χ1) is 14.4. The van der Waals surface area contributed by atoms with E-state index in [1.807, 2.05) is 24.3 Å². The van der Waals surface area contributed by atoms with Crippen molar-refractivity contribution >= 4 is 34.8 Å². The molecule has 0 bridgehead atoms. The molecular weight excluding hydrogens is 386 g/mol. The molecule has 0 aromatic heterocycles. The van der Waals surface area contributed by atoms with E-state index in [0.717, 1.165) is 24.5 Å². The Balaban J connectivity index is 1.41. The van der Waals surface area contributed by atoms with Crippen LogP contribution in [0.2, 0.25) is 0 Å². The largest absolute Gasteiger partial charge is 0.507 e. The fourth-order valence-electron chi connectivity index (χ4n) is 3.99. The zero-order valence-corrected chi connectivity index (χ0v) is 16.4. The average molecular weight is 409 g/mol. The number of benzene rings is 2. The Hall–Kier alpha value is -3.55. The highest BCUT2D eigenvalue weighted by atomic mass is 16.4. The first-order valence-electron chi connectivity index (χ1n) is 9.95. The van der Waals surface area contributed by atoms with Gasteiger partial charge in [0.05, 0.1) is 5.92 Å². The second-order valence-electron chi connectivity index (χ2n) is 7.64. The van der Waals surface area contributed by atoms with Crippen LogP contribution in [0.1, 0.15) is 29.6 Å². The van der Waals surface area contributed by atoms with Crippen molar-refractivity contribution in [1.29, 1.82) is 0 Å². The van der Waals surface area contributed by atoms with Gasteiger partial charge >= 0.3 is 5.97 Å². The molecule has 8 heteroatoms. The van der Waals surface area contributed by atoms with Gasteiger partial charge in [-0.2, -0.15) is 0 Å².